The van der Waals surface area contributed by atoms with Crippen LogP contribution in [-0.4, -0.2) is 22.9 Å². The Kier molecular flexibility index (Phi) is 4.81. The van der Waals surface area contributed by atoms with Crippen LogP contribution in [0.3, 0.4) is 0 Å². The van der Waals surface area contributed by atoms with Crippen molar-refractivity contribution in [3.05, 3.63) is 34.1 Å². The third kappa shape index (κ3) is 3.04. The predicted octanol–water partition coefficient (Wildman–Crippen LogP) is 3.38. The van der Waals surface area contributed by atoms with Crippen LogP contribution in [0.2, 0.25) is 0 Å². The lowest BCUT2D eigenvalue weighted by Gasteiger charge is -2.37. The van der Waals surface area contributed by atoms with Gasteiger partial charge in [-0.05, 0) is 60.3 Å². The second kappa shape index (κ2) is 6.22. The van der Waals surface area contributed by atoms with Gasteiger partial charge in [-0.2, -0.15) is 0 Å². The van der Waals surface area contributed by atoms with Gasteiger partial charge < -0.3 is 10.6 Å². The summed E-state index contributed by atoms with van der Waals surface area (Å²) in [6.45, 7) is 3.98. The van der Waals surface area contributed by atoms with Crippen molar-refractivity contribution in [2.24, 2.45) is 5.73 Å². The quantitative estimate of drug-likeness (QED) is 0.895. The molecule has 0 spiro atoms. The van der Waals surface area contributed by atoms with Gasteiger partial charge in [0.25, 0.3) is 0 Å². The molecule has 1 aromatic carbocycles. The van der Waals surface area contributed by atoms with Crippen LogP contribution in [0.15, 0.2) is 22.7 Å². The topological polar surface area (TPSA) is 46.3 Å². The molecule has 1 aromatic rings. The maximum atomic E-state index is 13.4. The molecular weight excluding hydrogens is 323 g/mol. The highest BCUT2D eigenvalue weighted by Crippen LogP contribution is 2.33. The van der Waals surface area contributed by atoms with Crippen molar-refractivity contribution in [1.82, 2.24) is 4.90 Å². The van der Waals surface area contributed by atoms with E-state index in [0.717, 1.165) is 18.4 Å². The maximum absolute atomic E-state index is 13.4. The van der Waals surface area contributed by atoms with Crippen LogP contribution in [0.1, 0.15) is 44.7 Å². The van der Waals surface area contributed by atoms with E-state index in [1.54, 1.807) is 12.1 Å². The van der Waals surface area contributed by atoms with Crippen LogP contribution in [0, 0.1) is 5.82 Å². The van der Waals surface area contributed by atoms with Crippen molar-refractivity contribution in [2.75, 3.05) is 0 Å². The normalized spacial score (nSPS) is 24.1. The Bertz CT molecular complexity index is 507. The lowest BCUT2D eigenvalue weighted by molar-refractivity contribution is -0.135. The third-order valence-electron chi connectivity index (χ3n) is 3.76. The first-order valence-electron chi connectivity index (χ1n) is 6.93. The lowest BCUT2D eigenvalue weighted by atomic mass is 9.95. The predicted molar refractivity (Wildman–Crippen MR) is 80.6 cm³/mol. The van der Waals surface area contributed by atoms with Crippen LogP contribution >= 0.6 is 15.9 Å². The van der Waals surface area contributed by atoms with Crippen LogP contribution in [0.25, 0.3) is 0 Å². The molecule has 0 saturated carbocycles. The molecule has 2 N–H and O–H groups in total. The van der Waals surface area contributed by atoms with Crippen molar-refractivity contribution in [2.45, 2.75) is 51.2 Å². The first kappa shape index (κ1) is 15.4. The van der Waals surface area contributed by atoms with E-state index in [1.807, 2.05) is 18.7 Å². The summed E-state index contributed by atoms with van der Waals surface area (Å²) >= 11 is 3.20. The van der Waals surface area contributed by atoms with Gasteiger partial charge in [0.05, 0.1) is 10.5 Å². The molecule has 0 radical (unpaired) electrons. The number of likely N-dealkylation sites (tertiary alicyclic amines) is 1. The Hall–Kier alpha value is -0.940. The molecule has 20 heavy (non-hydrogen) atoms. The van der Waals surface area contributed by atoms with Gasteiger partial charge in [0.15, 0.2) is 0 Å². The minimum atomic E-state index is -0.307. The number of carbonyl (C=O) groups excluding carboxylic acids is 1. The molecule has 2 rings (SSSR count). The fraction of sp³-hybridized carbons (Fsp3) is 0.533. The van der Waals surface area contributed by atoms with E-state index in [2.05, 4.69) is 15.9 Å². The number of hydrogen-bond acceptors (Lipinski definition) is 2. The lowest BCUT2D eigenvalue weighted by Crippen LogP contribution is -2.45. The summed E-state index contributed by atoms with van der Waals surface area (Å²) in [7, 11) is 0. The van der Waals surface area contributed by atoms with Gasteiger partial charge in [0.1, 0.15) is 5.82 Å². The van der Waals surface area contributed by atoms with E-state index in [0.29, 0.717) is 10.9 Å². The van der Waals surface area contributed by atoms with Crippen molar-refractivity contribution in [1.29, 1.82) is 0 Å². The highest BCUT2D eigenvalue weighted by Gasteiger charge is 2.34. The molecule has 3 nitrogen and oxygen atoms in total. The molecule has 1 amide bonds. The average molecular weight is 343 g/mol. The van der Waals surface area contributed by atoms with Gasteiger partial charge in [-0.3, -0.25) is 4.79 Å². The number of amides is 1. The molecule has 2 unspecified atom stereocenters. The van der Waals surface area contributed by atoms with E-state index < -0.39 is 0 Å². The fourth-order valence-electron chi connectivity index (χ4n) is 2.85. The Morgan fingerprint density at radius 1 is 1.45 bits per heavy atom. The minimum Gasteiger partial charge on any atom is -0.332 e. The van der Waals surface area contributed by atoms with Crippen molar-refractivity contribution >= 4 is 21.8 Å². The van der Waals surface area contributed by atoms with Crippen molar-refractivity contribution < 1.29 is 9.18 Å². The molecule has 1 aliphatic rings. The zero-order valence-corrected chi connectivity index (χ0v) is 13.4. The number of nitrogens with two attached hydrogens (primary N) is 1. The molecule has 1 saturated heterocycles. The van der Waals surface area contributed by atoms with Gasteiger partial charge >= 0.3 is 0 Å². The monoisotopic (exact) mass is 342 g/mol. The van der Waals surface area contributed by atoms with E-state index in [1.165, 1.54) is 6.07 Å². The Morgan fingerprint density at radius 2 is 2.15 bits per heavy atom. The second-order valence-corrected chi connectivity index (χ2v) is 6.42. The molecule has 5 heteroatoms. The van der Waals surface area contributed by atoms with Gasteiger partial charge in [0, 0.05) is 18.5 Å². The van der Waals surface area contributed by atoms with Crippen LogP contribution in [-0.2, 0) is 4.79 Å². The van der Waals surface area contributed by atoms with Crippen LogP contribution in [0.5, 0.6) is 0 Å². The summed E-state index contributed by atoms with van der Waals surface area (Å²) in [4.78, 5) is 14.2. The summed E-state index contributed by atoms with van der Waals surface area (Å²) in [5, 5.41) is 0. The number of hydrogen-bond donors (Lipinski definition) is 1. The molecule has 1 heterocycles. The first-order chi connectivity index (χ1) is 9.41. The SMILES string of the molecule is CC(C)N1C(=O)CCCC(N)C1c1ccc(F)c(Br)c1. The maximum Gasteiger partial charge on any atom is 0.223 e. The molecule has 0 bridgehead atoms. The third-order valence-corrected chi connectivity index (χ3v) is 4.37. The van der Waals surface area contributed by atoms with Crippen LogP contribution in [0.4, 0.5) is 4.39 Å². The number of halogens is 2. The molecule has 0 aliphatic carbocycles. The van der Waals surface area contributed by atoms with Gasteiger partial charge in [-0.15, -0.1) is 0 Å². The zero-order valence-electron chi connectivity index (χ0n) is 11.8. The highest BCUT2D eigenvalue weighted by molar-refractivity contribution is 9.10. The Balaban J connectivity index is 2.45. The number of benzene rings is 1. The summed E-state index contributed by atoms with van der Waals surface area (Å²) < 4.78 is 13.8. The number of rotatable bonds is 2. The first-order valence-corrected chi connectivity index (χ1v) is 7.72. The largest absolute Gasteiger partial charge is 0.332 e. The van der Waals surface area contributed by atoms with E-state index in [4.69, 9.17) is 5.73 Å². The Morgan fingerprint density at radius 3 is 2.75 bits per heavy atom. The standard InChI is InChI=1S/C15H20BrFN2O/c1-9(2)19-14(20)5-3-4-13(18)15(19)10-6-7-12(17)11(16)8-10/h6-9,13,15H,3-5,18H2,1-2H3. The highest BCUT2D eigenvalue weighted by atomic mass is 79.9. The zero-order chi connectivity index (χ0) is 14.9. The average Bonchev–Trinajstić information content (AvgIpc) is 2.52. The van der Waals surface area contributed by atoms with E-state index in [-0.39, 0.29) is 29.8 Å². The van der Waals surface area contributed by atoms with Gasteiger partial charge in [0.2, 0.25) is 5.91 Å². The second-order valence-electron chi connectivity index (χ2n) is 5.57. The molecule has 110 valence electrons. The van der Waals surface area contributed by atoms with Crippen molar-refractivity contribution in [3.8, 4) is 0 Å². The minimum absolute atomic E-state index is 0.0699. The van der Waals surface area contributed by atoms with Gasteiger partial charge in [-0.1, -0.05) is 6.07 Å². The molecule has 0 aromatic heterocycles. The summed E-state index contributed by atoms with van der Waals surface area (Å²) in [5.74, 6) is -0.184. The van der Waals surface area contributed by atoms with E-state index >= 15 is 0 Å². The molecule has 1 fully saturated rings. The summed E-state index contributed by atoms with van der Waals surface area (Å²) in [5.41, 5.74) is 7.17. The van der Waals surface area contributed by atoms with Crippen LogP contribution < -0.4 is 5.73 Å². The Labute approximate surface area is 127 Å². The number of carbonyl (C=O) groups is 1. The molecule has 1 aliphatic heterocycles. The summed E-state index contributed by atoms with van der Waals surface area (Å²) in [6, 6.07) is 4.62. The molecule has 2 atom stereocenters. The van der Waals surface area contributed by atoms with E-state index in [9.17, 15) is 9.18 Å². The van der Waals surface area contributed by atoms with Crippen molar-refractivity contribution in [3.63, 3.8) is 0 Å². The fourth-order valence-corrected chi connectivity index (χ4v) is 3.25. The smallest absolute Gasteiger partial charge is 0.223 e. The number of nitrogens with zero attached hydrogens (tertiary/aromatic N) is 1. The summed E-state index contributed by atoms with van der Waals surface area (Å²) in [6.07, 6.45) is 2.14. The molecular formula is C15H20BrFN2O. The van der Waals surface area contributed by atoms with Gasteiger partial charge in [-0.25, -0.2) is 4.39 Å².